The number of phenolic OH excluding ortho intramolecular Hbond substituents is 1. The molecule has 13 nitrogen and oxygen atoms in total. The van der Waals surface area contributed by atoms with E-state index in [4.69, 9.17) is 17.2 Å². The summed E-state index contributed by atoms with van der Waals surface area (Å²) in [5, 5.41) is 23.9. The summed E-state index contributed by atoms with van der Waals surface area (Å²) >= 11 is 0. The van der Waals surface area contributed by atoms with Gasteiger partial charge in [-0.3, -0.25) is 19.2 Å². The lowest BCUT2D eigenvalue weighted by Gasteiger charge is -2.28. The number of nitrogens with two attached hydrogens (primary N) is 3. The molecule has 1 aliphatic heterocycles. The molecule has 0 aliphatic carbocycles. The number of aromatic hydroxyl groups is 1. The first kappa shape index (κ1) is 29.5. The summed E-state index contributed by atoms with van der Waals surface area (Å²) in [7, 11) is 0. The highest BCUT2D eigenvalue weighted by Crippen LogP contribution is 2.19. The molecule has 37 heavy (non-hydrogen) atoms. The van der Waals surface area contributed by atoms with Crippen molar-refractivity contribution < 1.29 is 34.2 Å². The maximum Gasteiger partial charge on any atom is 0.326 e. The van der Waals surface area contributed by atoms with Gasteiger partial charge in [-0.25, -0.2) is 4.79 Å². The van der Waals surface area contributed by atoms with E-state index in [0.717, 1.165) is 4.90 Å². The van der Waals surface area contributed by atoms with Gasteiger partial charge in [-0.05, 0) is 62.8 Å². The van der Waals surface area contributed by atoms with Crippen molar-refractivity contribution in [3.63, 3.8) is 0 Å². The molecule has 1 aromatic carbocycles. The molecule has 4 amide bonds. The van der Waals surface area contributed by atoms with Gasteiger partial charge in [0.1, 0.15) is 23.9 Å². The zero-order chi connectivity index (χ0) is 27.5. The van der Waals surface area contributed by atoms with Gasteiger partial charge in [0, 0.05) is 6.54 Å². The molecule has 4 unspecified atom stereocenters. The Balaban J connectivity index is 2.13. The quantitative estimate of drug-likeness (QED) is 0.138. The number of amides is 4. The van der Waals surface area contributed by atoms with E-state index in [1.165, 1.54) is 12.1 Å². The lowest BCUT2D eigenvalue weighted by molar-refractivity contribution is -0.149. The lowest BCUT2D eigenvalue weighted by atomic mass is 10.0. The normalized spacial score (nSPS) is 17.5. The Labute approximate surface area is 214 Å². The fraction of sp³-hybridized carbons (Fsp3) is 0.542. The zero-order valence-corrected chi connectivity index (χ0v) is 20.6. The van der Waals surface area contributed by atoms with Crippen LogP contribution in [0.3, 0.4) is 0 Å². The number of rotatable bonds is 14. The number of nitrogens with zero attached hydrogens (tertiary/aromatic N) is 1. The minimum absolute atomic E-state index is 0.0714. The number of hydrogen-bond acceptors (Lipinski definition) is 8. The predicted octanol–water partition coefficient (Wildman–Crippen LogP) is -1.69. The Morgan fingerprint density at radius 2 is 1.68 bits per heavy atom. The smallest absolute Gasteiger partial charge is 0.326 e. The van der Waals surface area contributed by atoms with Gasteiger partial charge in [0.2, 0.25) is 23.6 Å². The molecule has 4 atom stereocenters. The van der Waals surface area contributed by atoms with Crippen LogP contribution in [0.2, 0.25) is 0 Å². The van der Waals surface area contributed by atoms with Crippen LogP contribution in [0.5, 0.6) is 5.75 Å². The van der Waals surface area contributed by atoms with E-state index in [9.17, 15) is 34.2 Å². The molecule has 1 aromatic rings. The van der Waals surface area contributed by atoms with Crippen molar-refractivity contribution in [2.45, 2.75) is 69.1 Å². The Morgan fingerprint density at radius 3 is 2.27 bits per heavy atom. The minimum atomic E-state index is -1.38. The van der Waals surface area contributed by atoms with E-state index >= 15 is 0 Å². The van der Waals surface area contributed by atoms with Crippen molar-refractivity contribution in [3.8, 4) is 5.75 Å². The standard InChI is InChI=1S/C24H36N6O7/c25-10-2-1-4-17(28-21(33)16(26)12-14-6-8-15(31)9-7-14)22(34)29-18(13-20(27)32)23(35)30-11-3-5-19(30)24(36)37/h6-9,16-19,31H,1-5,10-13,25-26H2,(H2,27,32)(H,28,33)(H,29,34)(H,36,37). The van der Waals surface area contributed by atoms with Crippen molar-refractivity contribution in [3.05, 3.63) is 29.8 Å². The average Bonchev–Trinajstić information content (AvgIpc) is 3.34. The predicted molar refractivity (Wildman–Crippen MR) is 133 cm³/mol. The number of primary amides is 1. The third kappa shape index (κ3) is 9.03. The first-order chi connectivity index (χ1) is 17.5. The van der Waals surface area contributed by atoms with E-state index in [-0.39, 0.29) is 31.6 Å². The van der Waals surface area contributed by atoms with E-state index < -0.39 is 60.2 Å². The van der Waals surface area contributed by atoms with Gasteiger partial charge in [-0.1, -0.05) is 12.1 Å². The second-order valence-corrected chi connectivity index (χ2v) is 9.08. The topological polar surface area (TPSA) is 231 Å². The molecule has 0 aromatic heterocycles. The number of carboxylic acids is 1. The first-order valence-corrected chi connectivity index (χ1v) is 12.2. The van der Waals surface area contributed by atoms with Gasteiger partial charge in [0.15, 0.2) is 0 Å². The number of aliphatic carboxylic acids is 1. The second kappa shape index (κ2) is 14.1. The maximum atomic E-state index is 13.2. The van der Waals surface area contributed by atoms with Crippen LogP contribution in [0.1, 0.15) is 44.1 Å². The minimum Gasteiger partial charge on any atom is -0.508 e. The Morgan fingerprint density at radius 1 is 1.03 bits per heavy atom. The van der Waals surface area contributed by atoms with Crippen LogP contribution in [-0.4, -0.2) is 82.0 Å². The summed E-state index contributed by atoms with van der Waals surface area (Å²) < 4.78 is 0. The fourth-order valence-electron chi connectivity index (χ4n) is 4.18. The molecule has 10 N–H and O–H groups in total. The number of carbonyl (C=O) groups excluding carboxylic acids is 4. The highest BCUT2D eigenvalue weighted by molar-refractivity contribution is 5.96. The summed E-state index contributed by atoms with van der Waals surface area (Å²) in [6.45, 7) is 0.542. The van der Waals surface area contributed by atoms with Crippen LogP contribution in [-0.2, 0) is 30.4 Å². The molecule has 1 heterocycles. The molecule has 13 heteroatoms. The van der Waals surface area contributed by atoms with Crippen LogP contribution in [0.15, 0.2) is 24.3 Å². The van der Waals surface area contributed by atoms with Crippen LogP contribution in [0.4, 0.5) is 0 Å². The number of phenols is 1. The van der Waals surface area contributed by atoms with E-state index in [0.29, 0.717) is 31.4 Å². The van der Waals surface area contributed by atoms with Crippen LogP contribution in [0.25, 0.3) is 0 Å². The summed E-state index contributed by atoms with van der Waals surface area (Å²) in [5.41, 5.74) is 17.6. The molecule has 1 fully saturated rings. The van der Waals surface area contributed by atoms with Gasteiger partial charge in [0.05, 0.1) is 12.5 Å². The van der Waals surface area contributed by atoms with Gasteiger partial charge < -0.3 is 42.9 Å². The van der Waals surface area contributed by atoms with Gasteiger partial charge >= 0.3 is 5.97 Å². The van der Waals surface area contributed by atoms with Crippen molar-refractivity contribution in [2.75, 3.05) is 13.1 Å². The molecule has 0 bridgehead atoms. The van der Waals surface area contributed by atoms with Gasteiger partial charge in [-0.2, -0.15) is 0 Å². The van der Waals surface area contributed by atoms with Crippen molar-refractivity contribution >= 4 is 29.6 Å². The molecule has 1 aliphatic rings. The molecule has 0 radical (unpaired) electrons. The molecule has 0 saturated carbocycles. The summed E-state index contributed by atoms with van der Waals surface area (Å²) in [6, 6.07) is 1.65. The average molecular weight is 521 g/mol. The summed E-state index contributed by atoms with van der Waals surface area (Å²) in [6.07, 6.45) is 1.61. The van der Waals surface area contributed by atoms with Gasteiger partial charge in [-0.15, -0.1) is 0 Å². The molecule has 2 rings (SSSR count). The number of nitrogens with one attached hydrogen (secondary N) is 2. The SMILES string of the molecule is NCCCCC(NC(=O)C(N)Cc1ccc(O)cc1)C(=O)NC(CC(N)=O)C(=O)N1CCCC1C(=O)O. The highest BCUT2D eigenvalue weighted by Gasteiger charge is 2.39. The number of unbranched alkanes of at least 4 members (excludes halogenated alkanes) is 1. The zero-order valence-electron chi connectivity index (χ0n) is 20.6. The van der Waals surface area contributed by atoms with Crippen molar-refractivity contribution in [2.24, 2.45) is 17.2 Å². The third-order valence-corrected chi connectivity index (χ3v) is 6.15. The number of hydrogen-bond donors (Lipinski definition) is 7. The number of carboxylic acid groups (broad SMARTS) is 1. The molecule has 204 valence electrons. The van der Waals surface area contributed by atoms with E-state index in [1.807, 2.05) is 0 Å². The first-order valence-electron chi connectivity index (χ1n) is 12.2. The Hall–Kier alpha value is -3.71. The maximum absolute atomic E-state index is 13.2. The molecule has 1 saturated heterocycles. The molecular formula is C24H36N6O7. The van der Waals surface area contributed by atoms with Crippen LogP contribution >= 0.6 is 0 Å². The van der Waals surface area contributed by atoms with Crippen molar-refractivity contribution in [1.29, 1.82) is 0 Å². The highest BCUT2D eigenvalue weighted by atomic mass is 16.4. The number of carbonyl (C=O) groups is 5. The number of benzene rings is 1. The van der Waals surface area contributed by atoms with Crippen LogP contribution in [0, 0.1) is 0 Å². The second-order valence-electron chi connectivity index (χ2n) is 9.08. The fourth-order valence-corrected chi connectivity index (χ4v) is 4.18. The monoisotopic (exact) mass is 520 g/mol. The largest absolute Gasteiger partial charge is 0.508 e. The van der Waals surface area contributed by atoms with Gasteiger partial charge in [0.25, 0.3) is 0 Å². The van der Waals surface area contributed by atoms with E-state index in [2.05, 4.69) is 10.6 Å². The summed E-state index contributed by atoms with van der Waals surface area (Å²) in [4.78, 5) is 63.3. The van der Waals surface area contributed by atoms with Crippen molar-refractivity contribution in [1.82, 2.24) is 15.5 Å². The van der Waals surface area contributed by atoms with E-state index in [1.54, 1.807) is 12.1 Å². The Kier molecular flexibility index (Phi) is 11.3. The van der Waals surface area contributed by atoms with Crippen LogP contribution < -0.4 is 27.8 Å². The number of likely N-dealkylation sites (tertiary alicyclic amines) is 1. The third-order valence-electron chi connectivity index (χ3n) is 6.15. The molecule has 0 spiro atoms. The summed E-state index contributed by atoms with van der Waals surface area (Å²) in [5.74, 6) is -4.03. The molecular weight excluding hydrogens is 484 g/mol. The Bertz CT molecular complexity index is 971. The lowest BCUT2D eigenvalue weighted by Crippen LogP contribution is -2.58.